The van der Waals surface area contributed by atoms with E-state index in [9.17, 15) is 0 Å². The average Bonchev–Trinajstić information content (AvgIpc) is 2.41. The lowest BCUT2D eigenvalue weighted by Gasteiger charge is -2.03. The van der Waals surface area contributed by atoms with Crippen LogP contribution in [0, 0.1) is 5.92 Å². The normalized spacial score (nSPS) is 11.2. The van der Waals surface area contributed by atoms with Gasteiger partial charge in [0.25, 0.3) is 0 Å². The second-order valence-corrected chi connectivity index (χ2v) is 4.08. The molecule has 1 heterocycles. The van der Waals surface area contributed by atoms with Gasteiger partial charge in [-0.25, -0.2) is 0 Å². The Morgan fingerprint density at radius 2 is 2.29 bits per heavy atom. The van der Waals surface area contributed by atoms with Gasteiger partial charge in [-0.3, -0.25) is 4.68 Å². The maximum absolute atomic E-state index is 6.00. The third kappa shape index (κ3) is 3.31. The van der Waals surface area contributed by atoms with Crippen LogP contribution in [0.25, 0.3) is 0 Å². The molecule has 0 fully saturated rings. The molecule has 0 bridgehead atoms. The number of hydrogen-bond donors (Lipinski definition) is 0. The first kappa shape index (κ1) is 11.5. The predicted octanol–water partition coefficient (Wildman–Crippen LogP) is 2.73. The van der Waals surface area contributed by atoms with E-state index in [4.69, 9.17) is 16.3 Å². The summed E-state index contributed by atoms with van der Waals surface area (Å²) in [5.41, 5.74) is 0.828. The van der Waals surface area contributed by atoms with E-state index in [1.807, 2.05) is 17.8 Å². The van der Waals surface area contributed by atoms with Crippen LogP contribution in [0.2, 0.25) is 5.02 Å². The van der Waals surface area contributed by atoms with Gasteiger partial charge in [0.1, 0.15) is 5.69 Å². The molecule has 0 aliphatic rings. The fourth-order valence-corrected chi connectivity index (χ4v) is 1.41. The number of aromatic nitrogens is 2. The van der Waals surface area contributed by atoms with E-state index < -0.39 is 0 Å². The van der Waals surface area contributed by atoms with Crippen LogP contribution in [-0.2, 0) is 17.9 Å². The topological polar surface area (TPSA) is 27.1 Å². The number of nitrogens with zero attached hydrogens (tertiary/aromatic N) is 2. The van der Waals surface area contributed by atoms with Crippen molar-refractivity contribution in [3.8, 4) is 0 Å². The molecule has 1 rings (SSSR count). The fraction of sp³-hybridized carbons (Fsp3) is 0.700. The molecule has 0 saturated carbocycles. The zero-order chi connectivity index (χ0) is 10.6. The van der Waals surface area contributed by atoms with Crippen molar-refractivity contribution in [1.82, 2.24) is 9.78 Å². The lowest BCUT2D eigenvalue weighted by Crippen LogP contribution is -2.05. The van der Waals surface area contributed by atoms with Gasteiger partial charge in [-0.2, -0.15) is 5.10 Å². The maximum atomic E-state index is 6.00. The molecule has 0 aliphatic carbocycles. The smallest absolute Gasteiger partial charge is 0.107 e. The van der Waals surface area contributed by atoms with Gasteiger partial charge in [0.2, 0.25) is 0 Å². The fourth-order valence-electron chi connectivity index (χ4n) is 1.20. The first-order valence-electron chi connectivity index (χ1n) is 4.93. The largest absolute Gasteiger partial charge is 0.375 e. The summed E-state index contributed by atoms with van der Waals surface area (Å²) in [6, 6.07) is 0. The van der Waals surface area contributed by atoms with E-state index in [0.29, 0.717) is 24.2 Å². The summed E-state index contributed by atoms with van der Waals surface area (Å²) in [7, 11) is 0. The highest BCUT2D eigenvalue weighted by atomic mass is 35.5. The van der Waals surface area contributed by atoms with Crippen molar-refractivity contribution >= 4 is 11.6 Å². The molecule has 1 aromatic rings. The van der Waals surface area contributed by atoms with Gasteiger partial charge >= 0.3 is 0 Å². The zero-order valence-corrected chi connectivity index (χ0v) is 9.71. The van der Waals surface area contributed by atoms with Crippen molar-refractivity contribution < 1.29 is 4.74 Å². The van der Waals surface area contributed by atoms with Gasteiger partial charge < -0.3 is 4.74 Å². The maximum Gasteiger partial charge on any atom is 0.107 e. The summed E-state index contributed by atoms with van der Waals surface area (Å²) >= 11 is 6.00. The highest BCUT2D eigenvalue weighted by Gasteiger charge is 2.07. The van der Waals surface area contributed by atoms with E-state index in [0.717, 1.165) is 12.2 Å². The SMILES string of the molecule is CCOCc1nn(CC(C)C)cc1Cl. The van der Waals surface area contributed by atoms with Crippen LogP contribution >= 0.6 is 11.6 Å². The first-order chi connectivity index (χ1) is 6.63. The second-order valence-electron chi connectivity index (χ2n) is 3.68. The van der Waals surface area contributed by atoms with Crippen molar-refractivity contribution in [2.75, 3.05) is 6.61 Å². The van der Waals surface area contributed by atoms with Gasteiger partial charge in [-0.15, -0.1) is 0 Å². The minimum absolute atomic E-state index is 0.500. The molecule has 0 radical (unpaired) electrons. The number of rotatable bonds is 5. The van der Waals surface area contributed by atoms with Crippen LogP contribution in [0.1, 0.15) is 26.5 Å². The molecule has 0 N–H and O–H groups in total. The summed E-state index contributed by atoms with van der Waals surface area (Å²) in [4.78, 5) is 0. The second kappa shape index (κ2) is 5.37. The van der Waals surface area contributed by atoms with Gasteiger partial charge in [-0.05, 0) is 12.8 Å². The Hall–Kier alpha value is -0.540. The quantitative estimate of drug-likeness (QED) is 0.757. The van der Waals surface area contributed by atoms with Gasteiger partial charge in [0.15, 0.2) is 0 Å². The molecule has 1 aromatic heterocycles. The van der Waals surface area contributed by atoms with Crippen molar-refractivity contribution in [3.05, 3.63) is 16.9 Å². The van der Waals surface area contributed by atoms with Gasteiger partial charge in [0.05, 0.1) is 11.6 Å². The average molecular weight is 217 g/mol. The van der Waals surface area contributed by atoms with Crippen molar-refractivity contribution in [1.29, 1.82) is 0 Å². The lowest BCUT2D eigenvalue weighted by atomic mass is 10.2. The molecule has 14 heavy (non-hydrogen) atoms. The van der Waals surface area contributed by atoms with E-state index in [-0.39, 0.29) is 0 Å². The zero-order valence-electron chi connectivity index (χ0n) is 8.96. The predicted molar refractivity (Wildman–Crippen MR) is 57.4 cm³/mol. The Labute approximate surface area is 90.0 Å². The Morgan fingerprint density at radius 1 is 1.57 bits per heavy atom. The van der Waals surface area contributed by atoms with Crippen LogP contribution in [0.15, 0.2) is 6.20 Å². The highest BCUT2D eigenvalue weighted by Crippen LogP contribution is 2.15. The Morgan fingerprint density at radius 3 is 2.86 bits per heavy atom. The molecule has 0 amide bonds. The Kier molecular flexibility index (Phi) is 4.42. The van der Waals surface area contributed by atoms with E-state index in [1.54, 1.807) is 0 Å². The first-order valence-corrected chi connectivity index (χ1v) is 5.30. The summed E-state index contributed by atoms with van der Waals surface area (Å²) < 4.78 is 7.13. The third-order valence-corrected chi connectivity index (χ3v) is 2.10. The third-order valence-electron chi connectivity index (χ3n) is 1.78. The minimum atomic E-state index is 0.500. The Balaban J connectivity index is 2.62. The number of hydrogen-bond acceptors (Lipinski definition) is 2. The van der Waals surface area contributed by atoms with Crippen LogP contribution < -0.4 is 0 Å². The van der Waals surface area contributed by atoms with E-state index in [2.05, 4.69) is 18.9 Å². The van der Waals surface area contributed by atoms with Crippen LogP contribution in [0.4, 0.5) is 0 Å². The van der Waals surface area contributed by atoms with Gasteiger partial charge in [-0.1, -0.05) is 25.4 Å². The molecular weight excluding hydrogens is 200 g/mol. The molecule has 80 valence electrons. The summed E-state index contributed by atoms with van der Waals surface area (Å²) in [5, 5.41) is 5.04. The lowest BCUT2D eigenvalue weighted by molar-refractivity contribution is 0.130. The van der Waals surface area contributed by atoms with E-state index in [1.165, 1.54) is 0 Å². The van der Waals surface area contributed by atoms with Crippen molar-refractivity contribution in [2.45, 2.75) is 33.9 Å². The Bertz CT molecular complexity index is 284. The van der Waals surface area contributed by atoms with E-state index >= 15 is 0 Å². The molecule has 0 unspecified atom stereocenters. The number of ether oxygens (including phenoxy) is 1. The highest BCUT2D eigenvalue weighted by molar-refractivity contribution is 6.31. The standard InChI is InChI=1S/C10H17ClN2O/c1-4-14-7-10-9(11)6-13(12-10)5-8(2)3/h6,8H,4-5,7H2,1-3H3. The molecule has 0 aliphatic heterocycles. The number of halogens is 1. The van der Waals surface area contributed by atoms with Crippen LogP contribution in [0.3, 0.4) is 0 Å². The van der Waals surface area contributed by atoms with Crippen molar-refractivity contribution in [2.24, 2.45) is 5.92 Å². The molecule has 4 heteroatoms. The van der Waals surface area contributed by atoms with Crippen molar-refractivity contribution in [3.63, 3.8) is 0 Å². The monoisotopic (exact) mass is 216 g/mol. The molecule has 0 saturated heterocycles. The summed E-state index contributed by atoms with van der Waals surface area (Å²) in [6.07, 6.45) is 1.86. The minimum Gasteiger partial charge on any atom is -0.375 e. The molecular formula is C10H17ClN2O. The van der Waals surface area contributed by atoms with Crippen LogP contribution in [0.5, 0.6) is 0 Å². The summed E-state index contributed by atoms with van der Waals surface area (Å²) in [6.45, 7) is 8.34. The summed E-state index contributed by atoms with van der Waals surface area (Å²) in [5.74, 6) is 0.575. The molecule has 0 aromatic carbocycles. The molecule has 3 nitrogen and oxygen atoms in total. The van der Waals surface area contributed by atoms with Crippen LogP contribution in [-0.4, -0.2) is 16.4 Å². The molecule has 0 atom stereocenters. The van der Waals surface area contributed by atoms with Gasteiger partial charge in [0, 0.05) is 19.3 Å². The molecule has 0 spiro atoms.